The first-order chi connectivity index (χ1) is 11.4. The number of rotatable bonds is 6. The van der Waals surface area contributed by atoms with Crippen LogP contribution in [-0.4, -0.2) is 20.8 Å². The monoisotopic (exact) mass is 366 g/mol. The lowest BCUT2D eigenvalue weighted by Gasteiger charge is -2.05. The maximum Gasteiger partial charge on any atom is 0.267 e. The molecule has 126 valence electrons. The first-order valence-corrected chi connectivity index (χ1v) is 9.82. The van der Waals surface area contributed by atoms with Crippen LogP contribution in [0.4, 0.5) is 0 Å². The van der Waals surface area contributed by atoms with Gasteiger partial charge in [0.1, 0.15) is 10.7 Å². The molecule has 0 fully saturated rings. The van der Waals surface area contributed by atoms with Gasteiger partial charge in [0.25, 0.3) is 10.0 Å². The Labute approximate surface area is 139 Å². The Morgan fingerprint density at radius 1 is 0.917 bits per heavy atom. The standard InChI is InChI=1S/C15H14N2O5S2/c18-23(19,16-11-13-5-4-10-22-13)15-8-9-17(12-15)24(20,21)14-6-2-1-3-7-14/h1-10,12,16H,11H2. The number of nitrogens with one attached hydrogen (secondary N) is 1. The average molecular weight is 366 g/mol. The predicted octanol–water partition coefficient (Wildman–Crippen LogP) is 1.80. The third-order valence-electron chi connectivity index (χ3n) is 3.29. The second-order valence-corrected chi connectivity index (χ2v) is 8.51. The van der Waals surface area contributed by atoms with Crippen LogP contribution in [0.5, 0.6) is 0 Å². The van der Waals surface area contributed by atoms with Crippen LogP contribution < -0.4 is 4.72 Å². The second kappa shape index (κ2) is 6.27. The zero-order chi connectivity index (χ0) is 17.2. The average Bonchev–Trinajstić information content (AvgIpc) is 3.26. The molecule has 1 aromatic carbocycles. The van der Waals surface area contributed by atoms with Gasteiger partial charge >= 0.3 is 0 Å². The zero-order valence-electron chi connectivity index (χ0n) is 12.4. The van der Waals surface area contributed by atoms with Crippen molar-refractivity contribution < 1.29 is 21.3 Å². The summed E-state index contributed by atoms with van der Waals surface area (Å²) in [5.41, 5.74) is 0. The van der Waals surface area contributed by atoms with Crippen molar-refractivity contribution in [3.8, 4) is 0 Å². The molecular formula is C15H14N2O5S2. The van der Waals surface area contributed by atoms with Gasteiger partial charge in [-0.25, -0.2) is 25.5 Å². The topological polar surface area (TPSA) is 98.4 Å². The summed E-state index contributed by atoms with van der Waals surface area (Å²) >= 11 is 0. The number of benzene rings is 1. The van der Waals surface area contributed by atoms with Crippen molar-refractivity contribution in [1.29, 1.82) is 0 Å². The minimum absolute atomic E-state index is 0.0219. The Balaban J connectivity index is 1.85. The van der Waals surface area contributed by atoms with Crippen molar-refractivity contribution in [2.45, 2.75) is 16.3 Å². The summed E-state index contributed by atoms with van der Waals surface area (Å²) < 4.78 is 57.7. The largest absolute Gasteiger partial charge is 0.468 e. The van der Waals surface area contributed by atoms with E-state index in [-0.39, 0.29) is 16.3 Å². The SMILES string of the molecule is O=S(=O)(NCc1ccco1)c1ccn(S(=O)(=O)c2ccccc2)c1. The summed E-state index contributed by atoms with van der Waals surface area (Å²) in [6, 6.07) is 12.3. The van der Waals surface area contributed by atoms with Gasteiger partial charge in [-0.1, -0.05) is 18.2 Å². The molecule has 2 heterocycles. The number of hydrogen-bond acceptors (Lipinski definition) is 5. The van der Waals surface area contributed by atoms with Gasteiger partial charge in [-0.3, -0.25) is 0 Å². The Kier molecular flexibility index (Phi) is 4.31. The number of furan rings is 1. The molecule has 1 N–H and O–H groups in total. The van der Waals surface area contributed by atoms with Crippen LogP contribution in [-0.2, 0) is 26.6 Å². The van der Waals surface area contributed by atoms with E-state index in [4.69, 9.17) is 4.42 Å². The van der Waals surface area contributed by atoms with Crippen molar-refractivity contribution in [1.82, 2.24) is 8.69 Å². The molecular weight excluding hydrogens is 352 g/mol. The van der Waals surface area contributed by atoms with E-state index in [9.17, 15) is 16.8 Å². The zero-order valence-corrected chi connectivity index (χ0v) is 14.0. The minimum Gasteiger partial charge on any atom is -0.468 e. The Hall–Kier alpha value is -2.36. The molecule has 0 atom stereocenters. The molecule has 0 spiro atoms. The Morgan fingerprint density at radius 2 is 1.67 bits per heavy atom. The highest BCUT2D eigenvalue weighted by atomic mass is 32.2. The smallest absolute Gasteiger partial charge is 0.267 e. The van der Waals surface area contributed by atoms with Crippen molar-refractivity contribution in [3.63, 3.8) is 0 Å². The van der Waals surface area contributed by atoms with Crippen molar-refractivity contribution in [2.24, 2.45) is 0 Å². The summed E-state index contributed by atoms with van der Waals surface area (Å²) in [5, 5.41) is 0. The fourth-order valence-corrected chi connectivity index (χ4v) is 4.32. The molecule has 0 saturated carbocycles. The highest BCUT2D eigenvalue weighted by Gasteiger charge is 2.21. The van der Waals surface area contributed by atoms with Gasteiger partial charge < -0.3 is 4.42 Å². The quantitative estimate of drug-likeness (QED) is 0.717. The van der Waals surface area contributed by atoms with Gasteiger partial charge in [-0.15, -0.1) is 0 Å². The maximum atomic E-state index is 12.5. The summed E-state index contributed by atoms with van der Waals surface area (Å²) in [6.45, 7) is -0.0219. The van der Waals surface area contributed by atoms with Crippen LogP contribution in [0.25, 0.3) is 0 Å². The lowest BCUT2D eigenvalue weighted by atomic mass is 10.4. The number of sulfonamides is 1. The minimum atomic E-state index is -3.85. The first kappa shape index (κ1) is 16.5. The van der Waals surface area contributed by atoms with Crippen molar-refractivity contribution in [3.05, 3.63) is 72.9 Å². The van der Waals surface area contributed by atoms with E-state index < -0.39 is 20.0 Å². The Bertz CT molecular complexity index is 1020. The third kappa shape index (κ3) is 3.28. The lowest BCUT2D eigenvalue weighted by Crippen LogP contribution is -2.22. The molecule has 0 aliphatic heterocycles. The van der Waals surface area contributed by atoms with Gasteiger partial charge in [-0.05, 0) is 30.3 Å². The number of nitrogens with zero attached hydrogens (tertiary/aromatic N) is 1. The highest BCUT2D eigenvalue weighted by Crippen LogP contribution is 2.17. The first-order valence-electron chi connectivity index (χ1n) is 6.90. The molecule has 24 heavy (non-hydrogen) atoms. The van der Waals surface area contributed by atoms with Gasteiger partial charge in [0.05, 0.1) is 17.7 Å². The summed E-state index contributed by atoms with van der Waals surface area (Å²) in [6.07, 6.45) is 3.70. The van der Waals surface area contributed by atoms with E-state index in [2.05, 4.69) is 4.72 Å². The molecule has 0 bridgehead atoms. The summed E-state index contributed by atoms with van der Waals surface area (Å²) in [4.78, 5) is -0.0679. The molecule has 0 unspecified atom stereocenters. The van der Waals surface area contributed by atoms with Crippen LogP contribution in [0.1, 0.15) is 5.76 Å². The molecule has 3 rings (SSSR count). The van der Waals surface area contributed by atoms with E-state index in [1.165, 1.54) is 30.7 Å². The van der Waals surface area contributed by atoms with E-state index in [1.54, 1.807) is 30.3 Å². The summed E-state index contributed by atoms with van der Waals surface area (Å²) in [7, 11) is -7.68. The molecule has 0 aliphatic rings. The van der Waals surface area contributed by atoms with Gasteiger partial charge in [0.2, 0.25) is 10.0 Å². The van der Waals surface area contributed by atoms with Crippen molar-refractivity contribution in [2.75, 3.05) is 0 Å². The molecule has 0 amide bonds. The van der Waals surface area contributed by atoms with Crippen LogP contribution in [0.3, 0.4) is 0 Å². The van der Waals surface area contributed by atoms with Crippen molar-refractivity contribution >= 4 is 20.0 Å². The molecule has 3 aromatic rings. The van der Waals surface area contributed by atoms with Crippen LogP contribution >= 0.6 is 0 Å². The van der Waals surface area contributed by atoms with E-state index in [0.717, 1.165) is 10.2 Å². The second-order valence-electron chi connectivity index (χ2n) is 4.90. The van der Waals surface area contributed by atoms with Crippen LogP contribution in [0, 0.1) is 0 Å². The van der Waals surface area contributed by atoms with Crippen LogP contribution in [0.2, 0.25) is 0 Å². The molecule has 0 radical (unpaired) electrons. The molecule has 7 nitrogen and oxygen atoms in total. The highest BCUT2D eigenvalue weighted by molar-refractivity contribution is 7.90. The maximum absolute atomic E-state index is 12.5. The number of hydrogen-bond donors (Lipinski definition) is 1. The summed E-state index contributed by atoms with van der Waals surface area (Å²) in [5.74, 6) is 0.454. The normalized spacial score (nSPS) is 12.3. The molecule has 0 aliphatic carbocycles. The number of aromatic nitrogens is 1. The fourth-order valence-electron chi connectivity index (χ4n) is 2.04. The van der Waals surface area contributed by atoms with Crippen LogP contribution in [0.15, 0.2) is 81.4 Å². The molecule has 9 heteroatoms. The lowest BCUT2D eigenvalue weighted by molar-refractivity contribution is 0.498. The van der Waals surface area contributed by atoms with E-state index in [0.29, 0.717) is 5.76 Å². The van der Waals surface area contributed by atoms with E-state index in [1.807, 2.05) is 0 Å². The Morgan fingerprint density at radius 3 is 2.33 bits per heavy atom. The van der Waals surface area contributed by atoms with E-state index >= 15 is 0 Å². The van der Waals surface area contributed by atoms with Gasteiger partial charge in [-0.2, -0.15) is 0 Å². The molecule has 2 aromatic heterocycles. The van der Waals surface area contributed by atoms with Gasteiger partial charge in [0.15, 0.2) is 0 Å². The predicted molar refractivity (Wildman–Crippen MR) is 86.2 cm³/mol. The molecule has 0 saturated heterocycles. The fraction of sp³-hybridized carbons (Fsp3) is 0.0667. The van der Waals surface area contributed by atoms with Gasteiger partial charge in [0, 0.05) is 12.4 Å². The third-order valence-corrected chi connectivity index (χ3v) is 6.32.